The van der Waals surface area contributed by atoms with Gasteiger partial charge in [-0.25, -0.2) is 0 Å². The molecule has 0 aromatic heterocycles. The van der Waals surface area contributed by atoms with Crippen LogP contribution >= 0.6 is 0 Å². The van der Waals surface area contributed by atoms with Crippen molar-refractivity contribution in [2.24, 2.45) is 0 Å². The lowest BCUT2D eigenvalue weighted by Crippen LogP contribution is -2.41. The Morgan fingerprint density at radius 3 is 2.40 bits per heavy atom. The summed E-state index contributed by atoms with van der Waals surface area (Å²) in [5, 5.41) is 9.67. The number of carbonyl (C=O) groups is 1. The molecule has 0 aromatic carbocycles. The molecule has 0 saturated carbocycles. The Kier molecular flexibility index (Phi) is 6.52. The summed E-state index contributed by atoms with van der Waals surface area (Å²) >= 11 is 0. The summed E-state index contributed by atoms with van der Waals surface area (Å²) in [5.41, 5.74) is 0. The summed E-state index contributed by atoms with van der Waals surface area (Å²) in [5.74, 6) is -0.234. The van der Waals surface area contributed by atoms with Crippen LogP contribution in [0.15, 0.2) is 0 Å². The predicted molar refractivity (Wildman–Crippen MR) is 59.4 cm³/mol. The Bertz CT molecular complexity index is 187. The van der Waals surface area contributed by atoms with Crippen molar-refractivity contribution in [3.05, 3.63) is 0 Å². The summed E-state index contributed by atoms with van der Waals surface area (Å²) in [7, 11) is 6.17. The first kappa shape index (κ1) is 14.4. The minimum absolute atomic E-state index is 0.234. The SMILES string of the molecule is CC(=O)OCCCCC(O)C[N+](C)(C)C. The van der Waals surface area contributed by atoms with Gasteiger partial charge in [-0.15, -0.1) is 0 Å². The van der Waals surface area contributed by atoms with Crippen molar-refractivity contribution in [2.45, 2.75) is 32.3 Å². The van der Waals surface area contributed by atoms with E-state index in [0.29, 0.717) is 6.61 Å². The van der Waals surface area contributed by atoms with Crippen molar-refractivity contribution in [1.29, 1.82) is 0 Å². The first-order valence-electron chi connectivity index (χ1n) is 5.43. The van der Waals surface area contributed by atoms with E-state index in [1.165, 1.54) is 6.92 Å². The summed E-state index contributed by atoms with van der Waals surface area (Å²) in [6, 6.07) is 0. The molecule has 0 fully saturated rings. The molecule has 1 N–H and O–H groups in total. The number of esters is 1. The normalized spacial score (nSPS) is 13.7. The average Bonchev–Trinajstić information content (AvgIpc) is 1.99. The van der Waals surface area contributed by atoms with Crippen molar-refractivity contribution in [3.63, 3.8) is 0 Å². The van der Waals surface area contributed by atoms with Gasteiger partial charge in [-0.05, 0) is 19.3 Å². The molecule has 0 aliphatic carbocycles. The quantitative estimate of drug-likeness (QED) is 0.390. The van der Waals surface area contributed by atoms with Crippen LogP contribution in [0.1, 0.15) is 26.2 Å². The van der Waals surface area contributed by atoms with Gasteiger partial charge in [0.15, 0.2) is 0 Å². The molecule has 0 saturated heterocycles. The van der Waals surface area contributed by atoms with Crippen LogP contribution in [0, 0.1) is 0 Å². The summed E-state index contributed by atoms with van der Waals surface area (Å²) in [6.07, 6.45) is 2.24. The van der Waals surface area contributed by atoms with E-state index in [1.54, 1.807) is 0 Å². The molecule has 0 spiro atoms. The van der Waals surface area contributed by atoms with Gasteiger partial charge in [0.2, 0.25) is 0 Å². The molecule has 0 amide bonds. The number of likely N-dealkylation sites (N-methyl/N-ethyl adjacent to an activating group) is 1. The lowest BCUT2D eigenvalue weighted by atomic mass is 10.1. The first-order chi connectivity index (χ1) is 6.81. The zero-order valence-electron chi connectivity index (χ0n) is 10.3. The molecule has 0 rings (SSSR count). The molecule has 0 aliphatic rings. The molecule has 1 unspecified atom stereocenters. The maximum Gasteiger partial charge on any atom is 0.302 e. The summed E-state index contributed by atoms with van der Waals surface area (Å²) in [4.78, 5) is 10.5. The highest BCUT2D eigenvalue weighted by atomic mass is 16.5. The maximum atomic E-state index is 10.5. The Hall–Kier alpha value is -0.610. The van der Waals surface area contributed by atoms with Gasteiger partial charge in [-0.1, -0.05) is 0 Å². The van der Waals surface area contributed by atoms with Crippen molar-refractivity contribution in [1.82, 2.24) is 0 Å². The van der Waals surface area contributed by atoms with Gasteiger partial charge in [0.1, 0.15) is 12.6 Å². The fourth-order valence-electron chi connectivity index (χ4n) is 1.42. The molecule has 4 nitrogen and oxygen atoms in total. The maximum absolute atomic E-state index is 10.5. The fourth-order valence-corrected chi connectivity index (χ4v) is 1.42. The Labute approximate surface area is 92.4 Å². The van der Waals surface area contributed by atoms with Crippen LogP contribution in [0.2, 0.25) is 0 Å². The monoisotopic (exact) mass is 218 g/mol. The van der Waals surface area contributed by atoms with Crippen LogP contribution in [0.5, 0.6) is 0 Å². The topological polar surface area (TPSA) is 46.5 Å². The van der Waals surface area contributed by atoms with E-state index >= 15 is 0 Å². The number of unbranched alkanes of at least 4 members (excludes halogenated alkanes) is 1. The molecule has 0 bridgehead atoms. The van der Waals surface area contributed by atoms with Gasteiger partial charge in [0.05, 0.1) is 27.7 Å². The third-order valence-corrected chi connectivity index (χ3v) is 2.00. The van der Waals surface area contributed by atoms with E-state index in [4.69, 9.17) is 4.74 Å². The average molecular weight is 218 g/mol. The van der Waals surface area contributed by atoms with Crippen LogP contribution in [0.4, 0.5) is 0 Å². The first-order valence-corrected chi connectivity index (χ1v) is 5.43. The van der Waals surface area contributed by atoms with E-state index in [2.05, 4.69) is 21.1 Å². The minimum Gasteiger partial charge on any atom is -0.466 e. The van der Waals surface area contributed by atoms with Crippen LogP contribution in [0.25, 0.3) is 0 Å². The van der Waals surface area contributed by atoms with E-state index in [9.17, 15) is 9.90 Å². The molecule has 15 heavy (non-hydrogen) atoms. The second-order valence-electron chi connectivity index (χ2n) is 4.96. The van der Waals surface area contributed by atoms with Crippen molar-refractivity contribution in [3.8, 4) is 0 Å². The number of nitrogens with zero attached hydrogens (tertiary/aromatic N) is 1. The van der Waals surface area contributed by atoms with E-state index in [0.717, 1.165) is 30.3 Å². The second-order valence-corrected chi connectivity index (χ2v) is 4.96. The number of hydrogen-bond acceptors (Lipinski definition) is 3. The number of aliphatic hydroxyl groups excluding tert-OH is 1. The number of rotatable bonds is 7. The Morgan fingerprint density at radius 2 is 1.93 bits per heavy atom. The number of quaternary nitrogens is 1. The van der Waals surface area contributed by atoms with Gasteiger partial charge < -0.3 is 14.3 Å². The molecule has 90 valence electrons. The third kappa shape index (κ3) is 11.3. The van der Waals surface area contributed by atoms with E-state index < -0.39 is 0 Å². The van der Waals surface area contributed by atoms with E-state index in [1.807, 2.05) is 0 Å². The van der Waals surface area contributed by atoms with E-state index in [-0.39, 0.29) is 12.1 Å². The lowest BCUT2D eigenvalue weighted by molar-refractivity contribution is -0.873. The minimum atomic E-state index is -0.262. The highest BCUT2D eigenvalue weighted by molar-refractivity contribution is 5.65. The third-order valence-electron chi connectivity index (χ3n) is 2.00. The zero-order chi connectivity index (χ0) is 11.9. The van der Waals surface area contributed by atoms with Crippen LogP contribution in [-0.2, 0) is 9.53 Å². The molecule has 4 heteroatoms. The van der Waals surface area contributed by atoms with Gasteiger partial charge >= 0.3 is 5.97 Å². The molecular weight excluding hydrogens is 194 g/mol. The highest BCUT2D eigenvalue weighted by Gasteiger charge is 2.14. The predicted octanol–water partition coefficient (Wildman–Crippen LogP) is 0.787. The molecule has 0 aliphatic heterocycles. The van der Waals surface area contributed by atoms with Gasteiger partial charge in [-0.3, -0.25) is 4.79 Å². The van der Waals surface area contributed by atoms with Gasteiger partial charge in [-0.2, -0.15) is 0 Å². The molecule has 0 aromatic rings. The zero-order valence-corrected chi connectivity index (χ0v) is 10.3. The Balaban J connectivity index is 3.39. The van der Waals surface area contributed by atoms with Gasteiger partial charge in [0, 0.05) is 6.92 Å². The van der Waals surface area contributed by atoms with Crippen LogP contribution < -0.4 is 0 Å². The van der Waals surface area contributed by atoms with Crippen molar-refractivity contribution >= 4 is 5.97 Å². The summed E-state index contributed by atoms with van der Waals surface area (Å²) < 4.78 is 5.57. The molecule has 0 heterocycles. The largest absolute Gasteiger partial charge is 0.466 e. The lowest BCUT2D eigenvalue weighted by Gasteiger charge is -2.26. The number of ether oxygens (including phenoxy) is 1. The van der Waals surface area contributed by atoms with Crippen LogP contribution in [0.3, 0.4) is 0 Å². The number of aliphatic hydroxyl groups is 1. The van der Waals surface area contributed by atoms with Gasteiger partial charge in [0.25, 0.3) is 0 Å². The second kappa shape index (κ2) is 6.80. The number of carbonyl (C=O) groups excluding carboxylic acids is 1. The van der Waals surface area contributed by atoms with Crippen LogP contribution in [-0.4, -0.2) is 56.0 Å². The van der Waals surface area contributed by atoms with Crippen molar-refractivity contribution < 1.29 is 19.1 Å². The molecular formula is C11H24NO3+. The summed E-state index contributed by atoms with van der Waals surface area (Å²) in [6.45, 7) is 2.63. The fraction of sp³-hybridized carbons (Fsp3) is 0.909. The number of hydrogen-bond donors (Lipinski definition) is 1. The molecule has 1 atom stereocenters. The highest BCUT2D eigenvalue weighted by Crippen LogP contribution is 2.04. The van der Waals surface area contributed by atoms with Crippen molar-refractivity contribution in [2.75, 3.05) is 34.3 Å². The standard InChI is InChI=1S/C11H24NO3/c1-10(13)15-8-6-5-7-11(14)9-12(2,3)4/h11,14H,5-9H2,1-4H3/q+1. The molecule has 0 radical (unpaired) electrons. The Morgan fingerprint density at radius 1 is 1.33 bits per heavy atom. The smallest absolute Gasteiger partial charge is 0.302 e.